The Morgan fingerprint density at radius 2 is 2.38 bits per heavy atom. The molecule has 4 heteroatoms. The van der Waals surface area contributed by atoms with Gasteiger partial charge in [0.25, 0.3) is 5.91 Å². The Morgan fingerprint density at radius 3 is 3.00 bits per heavy atom. The summed E-state index contributed by atoms with van der Waals surface area (Å²) in [6, 6.07) is 7.71. The average Bonchev–Trinajstić information content (AvgIpc) is 2.76. The van der Waals surface area contributed by atoms with Gasteiger partial charge in [0.15, 0.2) is 0 Å². The highest BCUT2D eigenvalue weighted by molar-refractivity contribution is 14.1. The van der Waals surface area contributed by atoms with Gasteiger partial charge >= 0.3 is 0 Å². The van der Waals surface area contributed by atoms with E-state index in [9.17, 15) is 4.79 Å². The summed E-state index contributed by atoms with van der Waals surface area (Å²) in [6.45, 7) is 1.63. The normalized spacial score (nSPS) is 20.1. The smallest absolute Gasteiger partial charge is 0.253 e. The van der Waals surface area contributed by atoms with E-state index < -0.39 is 0 Å². The van der Waals surface area contributed by atoms with Gasteiger partial charge in [-0.2, -0.15) is 0 Å². The zero-order chi connectivity index (χ0) is 11.5. The largest absolute Gasteiger partial charge is 0.338 e. The van der Waals surface area contributed by atoms with Crippen molar-refractivity contribution in [2.45, 2.75) is 6.42 Å². The second kappa shape index (κ2) is 5.36. The van der Waals surface area contributed by atoms with E-state index in [1.807, 2.05) is 29.2 Å². The number of halogens is 2. The van der Waals surface area contributed by atoms with E-state index in [4.69, 9.17) is 11.6 Å². The minimum Gasteiger partial charge on any atom is -0.338 e. The molecule has 1 aliphatic heterocycles. The van der Waals surface area contributed by atoms with E-state index in [0.717, 1.165) is 28.6 Å². The van der Waals surface area contributed by atoms with E-state index in [1.54, 1.807) is 0 Å². The summed E-state index contributed by atoms with van der Waals surface area (Å²) in [5.74, 6) is 1.25. The van der Waals surface area contributed by atoms with Crippen LogP contribution in [0.5, 0.6) is 0 Å². The number of hydrogen-bond acceptors (Lipinski definition) is 1. The monoisotopic (exact) mass is 349 g/mol. The van der Waals surface area contributed by atoms with Crippen LogP contribution in [-0.2, 0) is 0 Å². The number of alkyl halides is 1. The molecule has 2 nitrogen and oxygen atoms in total. The summed E-state index contributed by atoms with van der Waals surface area (Å²) < 4.78 is 1.09. The van der Waals surface area contributed by atoms with Crippen molar-refractivity contribution in [3.05, 3.63) is 33.4 Å². The molecule has 0 aromatic heterocycles. The summed E-state index contributed by atoms with van der Waals surface area (Å²) in [4.78, 5) is 14.0. The first-order chi connectivity index (χ1) is 7.70. The average molecular weight is 350 g/mol. The third kappa shape index (κ3) is 2.69. The van der Waals surface area contributed by atoms with Gasteiger partial charge in [-0.3, -0.25) is 4.79 Å². The molecule has 1 unspecified atom stereocenters. The number of likely N-dealkylation sites (tertiary alicyclic amines) is 1. The van der Waals surface area contributed by atoms with Crippen molar-refractivity contribution >= 4 is 40.1 Å². The molecule has 1 saturated heterocycles. The zero-order valence-corrected chi connectivity index (χ0v) is 11.7. The molecule has 0 radical (unpaired) electrons. The van der Waals surface area contributed by atoms with Gasteiger partial charge < -0.3 is 4.90 Å². The first kappa shape index (κ1) is 12.2. The van der Waals surface area contributed by atoms with E-state index in [1.165, 1.54) is 0 Å². The number of carbonyl (C=O) groups is 1. The number of rotatable bonds is 2. The molecule has 2 rings (SSSR count). The standard InChI is InChI=1S/C12H13ClINO/c13-7-9-4-5-15(8-9)12(16)10-2-1-3-11(14)6-10/h1-3,6,9H,4-5,7-8H2. The molecule has 1 fully saturated rings. The second-order valence-corrected chi connectivity index (χ2v) is 5.62. The quantitative estimate of drug-likeness (QED) is 0.594. The lowest BCUT2D eigenvalue weighted by atomic mass is 10.1. The topological polar surface area (TPSA) is 20.3 Å². The number of amides is 1. The van der Waals surface area contributed by atoms with Gasteiger partial charge in [0.1, 0.15) is 0 Å². The lowest BCUT2D eigenvalue weighted by Gasteiger charge is -2.16. The van der Waals surface area contributed by atoms with Crippen molar-refractivity contribution in [2.75, 3.05) is 19.0 Å². The van der Waals surface area contributed by atoms with Gasteiger partial charge in [-0.05, 0) is 53.1 Å². The minimum atomic E-state index is 0.131. The predicted molar refractivity (Wildman–Crippen MR) is 73.9 cm³/mol. The van der Waals surface area contributed by atoms with Crippen molar-refractivity contribution in [1.82, 2.24) is 4.90 Å². The number of nitrogens with zero attached hydrogens (tertiary/aromatic N) is 1. The van der Waals surface area contributed by atoms with Crippen LogP contribution in [0.1, 0.15) is 16.8 Å². The molecule has 0 aliphatic carbocycles. The van der Waals surface area contributed by atoms with Gasteiger partial charge in [-0.15, -0.1) is 11.6 Å². The molecule has 0 N–H and O–H groups in total. The Kier molecular flexibility index (Phi) is 4.08. The molecule has 1 heterocycles. The lowest BCUT2D eigenvalue weighted by Crippen LogP contribution is -2.28. The van der Waals surface area contributed by atoms with Crippen LogP contribution in [-0.4, -0.2) is 29.8 Å². The van der Waals surface area contributed by atoms with Gasteiger partial charge in [0, 0.05) is 28.1 Å². The summed E-state index contributed by atoms with van der Waals surface area (Å²) >= 11 is 8.03. The number of hydrogen-bond donors (Lipinski definition) is 0. The van der Waals surface area contributed by atoms with Crippen LogP contribution in [0.25, 0.3) is 0 Å². The first-order valence-corrected chi connectivity index (χ1v) is 6.93. The molecule has 1 aromatic carbocycles. The van der Waals surface area contributed by atoms with E-state index in [-0.39, 0.29) is 5.91 Å². The zero-order valence-electron chi connectivity index (χ0n) is 8.83. The van der Waals surface area contributed by atoms with Crippen molar-refractivity contribution in [3.8, 4) is 0 Å². The van der Waals surface area contributed by atoms with Crippen LogP contribution in [0.2, 0.25) is 0 Å². The Labute approximate surface area is 114 Å². The van der Waals surface area contributed by atoms with Gasteiger partial charge in [0.2, 0.25) is 0 Å². The van der Waals surface area contributed by atoms with Gasteiger partial charge in [-0.1, -0.05) is 6.07 Å². The number of carbonyl (C=O) groups excluding carboxylic acids is 1. The van der Waals surface area contributed by atoms with Crippen LogP contribution in [0.4, 0.5) is 0 Å². The van der Waals surface area contributed by atoms with Crippen molar-refractivity contribution in [1.29, 1.82) is 0 Å². The fourth-order valence-electron chi connectivity index (χ4n) is 1.95. The molecule has 1 atom stereocenters. The summed E-state index contributed by atoms with van der Waals surface area (Å²) in [5.41, 5.74) is 0.780. The van der Waals surface area contributed by atoms with Crippen LogP contribution < -0.4 is 0 Å². The molecule has 1 aromatic rings. The third-order valence-electron chi connectivity index (χ3n) is 2.86. The van der Waals surface area contributed by atoms with E-state index >= 15 is 0 Å². The highest BCUT2D eigenvalue weighted by Crippen LogP contribution is 2.20. The van der Waals surface area contributed by atoms with E-state index in [0.29, 0.717) is 11.8 Å². The Balaban J connectivity index is 2.08. The molecule has 1 amide bonds. The maximum atomic E-state index is 12.1. The SMILES string of the molecule is O=C(c1cccc(I)c1)N1CCC(CCl)C1. The minimum absolute atomic E-state index is 0.131. The predicted octanol–water partition coefficient (Wildman–Crippen LogP) is 2.99. The molecule has 16 heavy (non-hydrogen) atoms. The molecular formula is C12H13ClINO. The highest BCUT2D eigenvalue weighted by atomic mass is 127. The summed E-state index contributed by atoms with van der Waals surface area (Å²) in [5, 5.41) is 0. The molecule has 0 spiro atoms. The number of benzene rings is 1. The van der Waals surface area contributed by atoms with Crippen LogP contribution in [0.15, 0.2) is 24.3 Å². The van der Waals surface area contributed by atoms with Crippen LogP contribution >= 0.6 is 34.2 Å². The Morgan fingerprint density at radius 1 is 1.56 bits per heavy atom. The summed E-state index contributed by atoms with van der Waals surface area (Å²) in [7, 11) is 0. The second-order valence-electron chi connectivity index (χ2n) is 4.07. The van der Waals surface area contributed by atoms with Crippen molar-refractivity contribution < 1.29 is 4.79 Å². The Hall–Kier alpha value is -0.290. The molecule has 0 bridgehead atoms. The third-order valence-corrected chi connectivity index (χ3v) is 3.97. The highest BCUT2D eigenvalue weighted by Gasteiger charge is 2.26. The van der Waals surface area contributed by atoms with Crippen LogP contribution in [0, 0.1) is 9.49 Å². The molecular weight excluding hydrogens is 336 g/mol. The summed E-state index contributed by atoms with van der Waals surface area (Å²) in [6.07, 6.45) is 1.03. The van der Waals surface area contributed by atoms with Crippen molar-refractivity contribution in [2.24, 2.45) is 5.92 Å². The molecule has 1 aliphatic rings. The van der Waals surface area contributed by atoms with Crippen LogP contribution in [0.3, 0.4) is 0 Å². The maximum Gasteiger partial charge on any atom is 0.253 e. The fraction of sp³-hybridized carbons (Fsp3) is 0.417. The lowest BCUT2D eigenvalue weighted by molar-refractivity contribution is 0.0788. The van der Waals surface area contributed by atoms with E-state index in [2.05, 4.69) is 22.6 Å². The first-order valence-electron chi connectivity index (χ1n) is 5.31. The molecule has 0 saturated carbocycles. The molecule has 86 valence electrons. The van der Waals surface area contributed by atoms with Gasteiger partial charge in [-0.25, -0.2) is 0 Å². The Bertz CT molecular complexity index is 396. The maximum absolute atomic E-state index is 12.1. The van der Waals surface area contributed by atoms with Crippen molar-refractivity contribution in [3.63, 3.8) is 0 Å². The van der Waals surface area contributed by atoms with Gasteiger partial charge in [0.05, 0.1) is 0 Å². The fourth-order valence-corrected chi connectivity index (χ4v) is 2.74.